The summed E-state index contributed by atoms with van der Waals surface area (Å²) in [5, 5.41) is 0. The number of benzene rings is 1. The number of amides is 1. The maximum absolute atomic E-state index is 12.5. The van der Waals surface area contributed by atoms with E-state index in [9.17, 15) is 18.0 Å². The summed E-state index contributed by atoms with van der Waals surface area (Å²) in [5.41, 5.74) is 0.114. The molecule has 2 atom stereocenters. The Morgan fingerprint density at radius 1 is 1.18 bits per heavy atom. The SMILES string of the molecule is O=C(CCc1ccc(C(F)(F)F)cc1)N1[C@H]2CC=C[C@H]1CC2. The molecule has 118 valence electrons. The third-order valence-electron chi connectivity index (χ3n) is 4.51. The van der Waals surface area contributed by atoms with Gasteiger partial charge < -0.3 is 4.90 Å². The number of alkyl halides is 3. The smallest absolute Gasteiger partial charge is 0.333 e. The Morgan fingerprint density at radius 2 is 1.91 bits per heavy atom. The Labute approximate surface area is 127 Å². The summed E-state index contributed by atoms with van der Waals surface area (Å²) in [5.74, 6) is 0.108. The van der Waals surface area contributed by atoms with Gasteiger partial charge in [0.2, 0.25) is 5.91 Å². The molecule has 2 nitrogen and oxygen atoms in total. The second-order valence-electron chi connectivity index (χ2n) is 5.96. The van der Waals surface area contributed by atoms with E-state index in [1.165, 1.54) is 12.1 Å². The number of carbonyl (C=O) groups excluding carboxylic acids is 1. The zero-order chi connectivity index (χ0) is 15.7. The van der Waals surface area contributed by atoms with Crippen molar-refractivity contribution in [1.29, 1.82) is 0 Å². The van der Waals surface area contributed by atoms with E-state index >= 15 is 0 Å². The summed E-state index contributed by atoms with van der Waals surface area (Å²) >= 11 is 0. The Balaban J connectivity index is 1.59. The maximum atomic E-state index is 12.5. The van der Waals surface area contributed by atoms with Crippen molar-refractivity contribution in [2.45, 2.75) is 50.4 Å². The highest BCUT2D eigenvalue weighted by molar-refractivity contribution is 5.78. The van der Waals surface area contributed by atoms with E-state index in [0.29, 0.717) is 18.9 Å². The molecule has 0 unspecified atom stereocenters. The first kappa shape index (κ1) is 15.1. The fraction of sp³-hybridized carbons (Fsp3) is 0.471. The number of rotatable bonds is 3. The second kappa shape index (κ2) is 5.78. The van der Waals surface area contributed by atoms with Crippen molar-refractivity contribution >= 4 is 5.91 Å². The zero-order valence-corrected chi connectivity index (χ0v) is 12.1. The fourth-order valence-electron chi connectivity index (χ4n) is 3.35. The monoisotopic (exact) mass is 309 g/mol. The van der Waals surface area contributed by atoms with Crippen molar-refractivity contribution < 1.29 is 18.0 Å². The van der Waals surface area contributed by atoms with Crippen molar-refractivity contribution in [3.05, 3.63) is 47.5 Å². The molecule has 0 aliphatic carbocycles. The average molecular weight is 309 g/mol. The lowest BCUT2D eigenvalue weighted by Gasteiger charge is -2.31. The van der Waals surface area contributed by atoms with Gasteiger partial charge in [0, 0.05) is 12.5 Å². The molecule has 1 aromatic carbocycles. The van der Waals surface area contributed by atoms with Crippen LogP contribution in [0.1, 0.15) is 36.8 Å². The van der Waals surface area contributed by atoms with Gasteiger partial charge in [-0.15, -0.1) is 0 Å². The van der Waals surface area contributed by atoms with Gasteiger partial charge in [0.1, 0.15) is 0 Å². The van der Waals surface area contributed by atoms with E-state index in [0.717, 1.165) is 37.0 Å². The standard InChI is InChI=1S/C17H18F3NO/c18-17(19,20)13-7-4-12(5-8-13)6-11-16(22)21-14-2-1-3-15(21)10-9-14/h1-2,4-5,7-8,14-15H,3,6,9-11H2/t14-,15-/m0/s1. The maximum Gasteiger partial charge on any atom is 0.416 e. The molecule has 0 spiro atoms. The molecule has 22 heavy (non-hydrogen) atoms. The number of hydrogen-bond donors (Lipinski definition) is 0. The Hall–Kier alpha value is -1.78. The van der Waals surface area contributed by atoms with Gasteiger partial charge in [-0.3, -0.25) is 4.79 Å². The molecule has 0 radical (unpaired) electrons. The normalized spacial score (nSPS) is 23.9. The van der Waals surface area contributed by atoms with Crippen molar-refractivity contribution in [3.63, 3.8) is 0 Å². The van der Waals surface area contributed by atoms with Crippen LogP contribution in [0.4, 0.5) is 13.2 Å². The first-order chi connectivity index (χ1) is 10.4. The van der Waals surface area contributed by atoms with E-state index in [1.54, 1.807) is 0 Å². The predicted octanol–water partition coefficient (Wildman–Crippen LogP) is 3.96. The van der Waals surface area contributed by atoms with Crippen molar-refractivity contribution in [3.8, 4) is 0 Å². The van der Waals surface area contributed by atoms with Crippen LogP contribution in [0.2, 0.25) is 0 Å². The lowest BCUT2D eigenvalue weighted by molar-refractivity contribution is -0.137. The van der Waals surface area contributed by atoms with E-state index in [4.69, 9.17) is 0 Å². The molecule has 2 aliphatic rings. The van der Waals surface area contributed by atoms with Gasteiger partial charge >= 0.3 is 6.18 Å². The van der Waals surface area contributed by atoms with Crippen molar-refractivity contribution in [2.24, 2.45) is 0 Å². The van der Waals surface area contributed by atoms with Crippen LogP contribution in [0.5, 0.6) is 0 Å². The van der Waals surface area contributed by atoms with E-state index in [2.05, 4.69) is 12.2 Å². The number of aryl methyl sites for hydroxylation is 1. The van der Waals surface area contributed by atoms with Gasteiger partial charge in [-0.25, -0.2) is 0 Å². The molecule has 1 amide bonds. The molecule has 0 aromatic heterocycles. The van der Waals surface area contributed by atoms with Gasteiger partial charge in [0.05, 0.1) is 11.6 Å². The summed E-state index contributed by atoms with van der Waals surface area (Å²) in [7, 11) is 0. The first-order valence-corrected chi connectivity index (χ1v) is 7.59. The Bertz CT molecular complexity index is 577. The third-order valence-corrected chi connectivity index (χ3v) is 4.51. The number of nitrogens with zero attached hydrogens (tertiary/aromatic N) is 1. The van der Waals surface area contributed by atoms with Gasteiger partial charge in [0.25, 0.3) is 0 Å². The van der Waals surface area contributed by atoms with Gasteiger partial charge in [-0.1, -0.05) is 24.3 Å². The second-order valence-corrected chi connectivity index (χ2v) is 5.96. The lowest BCUT2D eigenvalue weighted by Crippen LogP contribution is -2.42. The summed E-state index contributed by atoms with van der Waals surface area (Å²) in [6, 6.07) is 5.61. The molecule has 0 N–H and O–H groups in total. The molecule has 3 rings (SSSR count). The van der Waals surface area contributed by atoms with E-state index in [-0.39, 0.29) is 11.9 Å². The summed E-state index contributed by atoms with van der Waals surface area (Å²) in [4.78, 5) is 14.3. The zero-order valence-electron chi connectivity index (χ0n) is 12.1. The average Bonchev–Trinajstić information content (AvgIpc) is 2.74. The van der Waals surface area contributed by atoms with Crippen LogP contribution < -0.4 is 0 Å². The minimum absolute atomic E-state index is 0.108. The number of fused-ring (bicyclic) bond motifs is 2. The summed E-state index contributed by atoms with van der Waals surface area (Å²) < 4.78 is 37.5. The fourth-order valence-corrected chi connectivity index (χ4v) is 3.35. The summed E-state index contributed by atoms with van der Waals surface area (Å²) in [6.45, 7) is 0. The molecule has 2 aliphatic heterocycles. The van der Waals surface area contributed by atoms with E-state index < -0.39 is 11.7 Å². The number of carbonyl (C=O) groups is 1. The van der Waals surface area contributed by atoms with Crippen molar-refractivity contribution in [1.82, 2.24) is 4.90 Å². The highest BCUT2D eigenvalue weighted by Crippen LogP contribution is 2.32. The lowest BCUT2D eigenvalue weighted by atomic mass is 10.0. The molecule has 0 saturated carbocycles. The quantitative estimate of drug-likeness (QED) is 0.774. The Kier molecular flexibility index (Phi) is 3.98. The van der Waals surface area contributed by atoms with Crippen LogP contribution in [0, 0.1) is 0 Å². The minimum Gasteiger partial charge on any atom is -0.333 e. The predicted molar refractivity (Wildman–Crippen MR) is 77.2 cm³/mol. The Morgan fingerprint density at radius 3 is 2.55 bits per heavy atom. The molecule has 1 fully saturated rings. The number of halogens is 3. The van der Waals surface area contributed by atoms with Crippen molar-refractivity contribution in [2.75, 3.05) is 0 Å². The largest absolute Gasteiger partial charge is 0.416 e. The first-order valence-electron chi connectivity index (χ1n) is 7.59. The van der Waals surface area contributed by atoms with Crippen LogP contribution in [0.3, 0.4) is 0 Å². The molecule has 1 aromatic rings. The van der Waals surface area contributed by atoms with Gasteiger partial charge in [-0.2, -0.15) is 13.2 Å². The van der Waals surface area contributed by atoms with Crippen LogP contribution in [0.15, 0.2) is 36.4 Å². The van der Waals surface area contributed by atoms with Crippen LogP contribution >= 0.6 is 0 Å². The molecule has 2 bridgehead atoms. The number of hydrogen-bond acceptors (Lipinski definition) is 1. The minimum atomic E-state index is -4.31. The van der Waals surface area contributed by atoms with Gasteiger partial charge in [0.15, 0.2) is 0 Å². The molecular formula is C17H18F3NO. The molecule has 2 heterocycles. The summed E-state index contributed by atoms with van der Waals surface area (Å²) in [6.07, 6.45) is 3.75. The van der Waals surface area contributed by atoms with Crippen LogP contribution in [-0.2, 0) is 17.4 Å². The van der Waals surface area contributed by atoms with Crippen LogP contribution in [0.25, 0.3) is 0 Å². The van der Waals surface area contributed by atoms with E-state index in [1.807, 2.05) is 4.90 Å². The highest BCUT2D eigenvalue weighted by atomic mass is 19.4. The molecule has 1 saturated heterocycles. The van der Waals surface area contributed by atoms with Crippen LogP contribution in [-0.4, -0.2) is 22.9 Å². The molecular weight excluding hydrogens is 291 g/mol. The highest BCUT2D eigenvalue weighted by Gasteiger charge is 2.36. The van der Waals surface area contributed by atoms with Gasteiger partial charge in [-0.05, 0) is 43.4 Å². The molecule has 5 heteroatoms. The third kappa shape index (κ3) is 3.03. The topological polar surface area (TPSA) is 20.3 Å².